The monoisotopic (exact) mass is 261 g/mol. The smallest absolute Gasteiger partial charge is 0.311 e. The normalized spacial score (nSPS) is 18.8. The first-order valence-corrected chi connectivity index (χ1v) is 6.40. The van der Waals surface area contributed by atoms with Crippen molar-refractivity contribution >= 4 is 17.6 Å². The van der Waals surface area contributed by atoms with E-state index < -0.39 is 0 Å². The van der Waals surface area contributed by atoms with Crippen LogP contribution in [-0.2, 0) is 14.3 Å². The minimum atomic E-state index is -0.348. The number of ether oxygens (including phenoxy) is 1. The molecule has 0 spiro atoms. The summed E-state index contributed by atoms with van der Waals surface area (Å²) in [5.41, 5.74) is 4.42. The minimum Gasteiger partial charge on any atom is -0.469 e. The fraction of sp³-hybridized carbons (Fsp3) is 0.467. The average molecular weight is 261 g/mol. The van der Waals surface area contributed by atoms with E-state index in [2.05, 4.69) is 6.92 Å². The summed E-state index contributed by atoms with van der Waals surface area (Å²) in [5, 5.41) is 0. The van der Waals surface area contributed by atoms with Gasteiger partial charge in [-0.3, -0.25) is 9.59 Å². The number of amides is 1. The van der Waals surface area contributed by atoms with Gasteiger partial charge in [-0.15, -0.1) is 0 Å². The molecule has 1 amide bonds. The van der Waals surface area contributed by atoms with Gasteiger partial charge < -0.3 is 9.64 Å². The van der Waals surface area contributed by atoms with Crippen LogP contribution in [-0.4, -0.2) is 25.5 Å². The molecule has 0 radical (unpaired) electrons. The number of benzene rings is 1. The Kier molecular flexibility index (Phi) is 3.60. The fourth-order valence-electron chi connectivity index (χ4n) is 2.45. The topological polar surface area (TPSA) is 46.6 Å². The zero-order valence-electron chi connectivity index (χ0n) is 11.8. The van der Waals surface area contributed by atoms with E-state index in [1.54, 1.807) is 4.90 Å². The van der Waals surface area contributed by atoms with E-state index in [1.165, 1.54) is 12.7 Å². The van der Waals surface area contributed by atoms with Crippen LogP contribution < -0.4 is 4.90 Å². The molecule has 1 fully saturated rings. The lowest BCUT2D eigenvalue weighted by Gasteiger charge is -2.19. The Hall–Kier alpha value is -1.84. The molecule has 0 N–H and O–H groups in total. The molecule has 0 aliphatic carbocycles. The number of hydrogen-bond donors (Lipinski definition) is 0. The third kappa shape index (κ3) is 2.48. The zero-order chi connectivity index (χ0) is 14.2. The number of carbonyl (C=O) groups excluding carboxylic acids is 2. The van der Waals surface area contributed by atoms with Crippen LogP contribution >= 0.6 is 0 Å². The van der Waals surface area contributed by atoms with Gasteiger partial charge in [0.2, 0.25) is 5.91 Å². The lowest BCUT2D eigenvalue weighted by Crippen LogP contribution is -2.26. The van der Waals surface area contributed by atoms with Gasteiger partial charge in [0.1, 0.15) is 0 Å². The second-order valence-electron chi connectivity index (χ2n) is 5.13. The predicted octanol–water partition coefficient (Wildman–Crippen LogP) is 2.14. The Labute approximate surface area is 113 Å². The highest BCUT2D eigenvalue weighted by Crippen LogP contribution is 2.28. The van der Waals surface area contributed by atoms with E-state index in [0.717, 1.165) is 16.8 Å². The molecule has 4 heteroatoms. The molecular formula is C15H19NO3. The zero-order valence-corrected chi connectivity index (χ0v) is 11.8. The molecule has 2 rings (SSSR count). The summed E-state index contributed by atoms with van der Waals surface area (Å²) < 4.78 is 4.72. The number of methoxy groups -OCH3 is 1. The van der Waals surface area contributed by atoms with Crippen LogP contribution in [0.1, 0.15) is 23.1 Å². The molecule has 1 aromatic rings. The highest BCUT2D eigenvalue weighted by molar-refractivity contribution is 5.99. The molecule has 4 nitrogen and oxygen atoms in total. The number of esters is 1. The van der Waals surface area contributed by atoms with Crippen molar-refractivity contribution in [2.75, 3.05) is 18.6 Å². The summed E-state index contributed by atoms with van der Waals surface area (Å²) in [6.07, 6.45) is 0.235. The van der Waals surface area contributed by atoms with E-state index in [9.17, 15) is 9.59 Å². The summed E-state index contributed by atoms with van der Waals surface area (Å²) in [7, 11) is 1.36. The van der Waals surface area contributed by atoms with Crippen LogP contribution in [0.5, 0.6) is 0 Å². The molecule has 1 aliphatic rings. The Morgan fingerprint density at radius 3 is 2.37 bits per heavy atom. The van der Waals surface area contributed by atoms with Gasteiger partial charge in [-0.25, -0.2) is 0 Å². The third-order valence-electron chi connectivity index (χ3n) is 3.88. The summed E-state index contributed by atoms with van der Waals surface area (Å²) >= 11 is 0. The Balaban J connectivity index is 2.28. The largest absolute Gasteiger partial charge is 0.469 e. The van der Waals surface area contributed by atoms with Gasteiger partial charge in [0.15, 0.2) is 0 Å². The average Bonchev–Trinajstić information content (AvgIpc) is 2.76. The molecule has 0 saturated carbocycles. The van der Waals surface area contributed by atoms with Crippen LogP contribution in [0.4, 0.5) is 5.69 Å². The maximum absolute atomic E-state index is 12.0. The number of nitrogens with zero attached hydrogens (tertiary/aromatic N) is 1. The SMILES string of the molecule is COC(=O)C1CC(=O)N(c2cc(C)c(C)c(C)c2)C1. The van der Waals surface area contributed by atoms with Crippen LogP contribution in [0, 0.1) is 26.7 Å². The molecular weight excluding hydrogens is 242 g/mol. The summed E-state index contributed by atoms with van der Waals surface area (Å²) in [6, 6.07) is 4.00. The van der Waals surface area contributed by atoms with Crippen LogP contribution in [0.15, 0.2) is 12.1 Å². The molecule has 0 bridgehead atoms. The van der Waals surface area contributed by atoms with Crippen LogP contribution in [0.25, 0.3) is 0 Å². The minimum absolute atomic E-state index is 0.0157. The molecule has 1 heterocycles. The maximum atomic E-state index is 12.0. The van der Waals surface area contributed by atoms with Gasteiger partial charge in [0, 0.05) is 18.7 Å². The maximum Gasteiger partial charge on any atom is 0.311 e. The number of aryl methyl sites for hydroxylation is 2. The molecule has 1 unspecified atom stereocenters. The van der Waals surface area contributed by atoms with Crippen LogP contribution in [0.2, 0.25) is 0 Å². The first-order valence-electron chi connectivity index (χ1n) is 6.40. The van der Waals surface area contributed by atoms with Gasteiger partial charge >= 0.3 is 5.97 Å². The molecule has 1 atom stereocenters. The second-order valence-corrected chi connectivity index (χ2v) is 5.13. The van der Waals surface area contributed by atoms with Gasteiger partial charge in [-0.1, -0.05) is 0 Å². The lowest BCUT2D eigenvalue weighted by molar-refractivity contribution is -0.145. The van der Waals surface area contributed by atoms with E-state index >= 15 is 0 Å². The quantitative estimate of drug-likeness (QED) is 0.766. The van der Waals surface area contributed by atoms with Crippen molar-refractivity contribution in [2.45, 2.75) is 27.2 Å². The molecule has 102 valence electrons. The number of rotatable bonds is 2. The van der Waals surface area contributed by atoms with Gasteiger partial charge in [0.25, 0.3) is 0 Å². The summed E-state index contributed by atoms with van der Waals surface area (Å²) in [6.45, 7) is 6.54. The van der Waals surface area contributed by atoms with Crippen molar-refractivity contribution in [1.29, 1.82) is 0 Å². The van der Waals surface area contributed by atoms with E-state index in [1.807, 2.05) is 26.0 Å². The van der Waals surface area contributed by atoms with Crippen molar-refractivity contribution in [1.82, 2.24) is 0 Å². The molecule has 0 aromatic heterocycles. The highest BCUT2D eigenvalue weighted by atomic mass is 16.5. The molecule has 1 aliphatic heterocycles. The van der Waals surface area contributed by atoms with Crippen molar-refractivity contribution in [3.63, 3.8) is 0 Å². The van der Waals surface area contributed by atoms with E-state index in [-0.39, 0.29) is 24.2 Å². The Morgan fingerprint density at radius 1 is 1.26 bits per heavy atom. The second kappa shape index (κ2) is 5.03. The number of anilines is 1. The Morgan fingerprint density at radius 2 is 1.84 bits per heavy atom. The van der Waals surface area contributed by atoms with E-state index in [0.29, 0.717) is 6.54 Å². The highest BCUT2D eigenvalue weighted by Gasteiger charge is 2.35. The molecule has 1 aromatic carbocycles. The first-order chi connectivity index (χ1) is 8.93. The van der Waals surface area contributed by atoms with Crippen molar-refractivity contribution in [3.05, 3.63) is 28.8 Å². The van der Waals surface area contributed by atoms with E-state index in [4.69, 9.17) is 4.74 Å². The molecule has 19 heavy (non-hydrogen) atoms. The predicted molar refractivity (Wildman–Crippen MR) is 73.1 cm³/mol. The third-order valence-corrected chi connectivity index (χ3v) is 3.88. The number of hydrogen-bond acceptors (Lipinski definition) is 3. The van der Waals surface area contributed by atoms with Crippen molar-refractivity contribution in [3.8, 4) is 0 Å². The fourth-order valence-corrected chi connectivity index (χ4v) is 2.45. The summed E-state index contributed by atoms with van der Waals surface area (Å²) in [5.74, 6) is -0.672. The van der Waals surface area contributed by atoms with Crippen molar-refractivity contribution < 1.29 is 14.3 Å². The standard InChI is InChI=1S/C15H19NO3/c1-9-5-13(6-10(2)11(9)3)16-8-12(7-14(16)17)15(18)19-4/h5-6,12H,7-8H2,1-4H3. The molecule has 1 saturated heterocycles. The van der Waals surface area contributed by atoms with Gasteiger partial charge in [-0.2, -0.15) is 0 Å². The van der Waals surface area contributed by atoms with Gasteiger partial charge in [0.05, 0.1) is 13.0 Å². The van der Waals surface area contributed by atoms with Crippen LogP contribution in [0.3, 0.4) is 0 Å². The summed E-state index contributed by atoms with van der Waals surface area (Å²) in [4.78, 5) is 25.2. The number of carbonyl (C=O) groups is 2. The Bertz CT molecular complexity index is 513. The lowest BCUT2D eigenvalue weighted by atomic mass is 10.0. The van der Waals surface area contributed by atoms with Gasteiger partial charge in [-0.05, 0) is 49.6 Å². The van der Waals surface area contributed by atoms with Crippen molar-refractivity contribution in [2.24, 2.45) is 5.92 Å². The first kappa shape index (κ1) is 13.6.